The van der Waals surface area contributed by atoms with E-state index in [0.29, 0.717) is 6.54 Å². The fraction of sp³-hybridized carbons (Fsp3) is 0.455. The van der Waals surface area contributed by atoms with Crippen LogP contribution in [0.4, 0.5) is 0 Å². The standard InChI is InChI=1S/C11H14BrNO3S/c1-11(2,3)16-10(15)9(14)13-5-8-4-7(12)6-17-8/h4,6H,5H2,1-3H3,(H,13,14). The predicted octanol–water partition coefficient (Wildman–Crippen LogP) is 2.47. The van der Waals surface area contributed by atoms with Crippen molar-refractivity contribution in [2.45, 2.75) is 32.9 Å². The lowest BCUT2D eigenvalue weighted by molar-refractivity contribution is -0.163. The van der Waals surface area contributed by atoms with Crippen LogP contribution in [0.15, 0.2) is 15.9 Å². The molecule has 17 heavy (non-hydrogen) atoms. The molecule has 0 atom stereocenters. The molecule has 0 fully saturated rings. The Balaban J connectivity index is 2.42. The van der Waals surface area contributed by atoms with E-state index in [1.807, 2.05) is 11.4 Å². The average molecular weight is 320 g/mol. The summed E-state index contributed by atoms with van der Waals surface area (Å²) in [4.78, 5) is 23.7. The van der Waals surface area contributed by atoms with Crippen molar-refractivity contribution in [3.63, 3.8) is 0 Å². The van der Waals surface area contributed by atoms with E-state index < -0.39 is 17.5 Å². The SMILES string of the molecule is CC(C)(C)OC(=O)C(=O)NCc1cc(Br)cs1. The molecule has 0 saturated carbocycles. The van der Waals surface area contributed by atoms with Crippen LogP contribution in [0, 0.1) is 0 Å². The van der Waals surface area contributed by atoms with Gasteiger partial charge in [0.05, 0.1) is 6.54 Å². The molecule has 4 nitrogen and oxygen atoms in total. The highest BCUT2D eigenvalue weighted by Crippen LogP contribution is 2.19. The molecule has 0 unspecified atom stereocenters. The number of rotatable bonds is 2. The summed E-state index contributed by atoms with van der Waals surface area (Å²) < 4.78 is 5.90. The van der Waals surface area contributed by atoms with E-state index >= 15 is 0 Å². The van der Waals surface area contributed by atoms with Gasteiger partial charge < -0.3 is 10.1 Å². The molecule has 0 aliphatic carbocycles. The molecule has 1 rings (SSSR count). The Hall–Kier alpha value is -0.880. The summed E-state index contributed by atoms with van der Waals surface area (Å²) in [6, 6.07) is 1.89. The molecule has 0 spiro atoms. The maximum Gasteiger partial charge on any atom is 0.397 e. The lowest BCUT2D eigenvalue weighted by atomic mass is 10.2. The number of amides is 1. The monoisotopic (exact) mass is 319 g/mol. The smallest absolute Gasteiger partial charge is 0.397 e. The number of thiophene rings is 1. The minimum Gasteiger partial charge on any atom is -0.453 e. The molecular weight excluding hydrogens is 306 g/mol. The number of nitrogens with one attached hydrogen (secondary N) is 1. The van der Waals surface area contributed by atoms with Crippen molar-refractivity contribution >= 4 is 39.1 Å². The van der Waals surface area contributed by atoms with Gasteiger partial charge in [-0.15, -0.1) is 11.3 Å². The molecular formula is C11H14BrNO3S. The van der Waals surface area contributed by atoms with Gasteiger partial charge in [0, 0.05) is 14.7 Å². The number of carbonyl (C=O) groups is 2. The van der Waals surface area contributed by atoms with E-state index in [9.17, 15) is 9.59 Å². The van der Waals surface area contributed by atoms with Crippen LogP contribution in [0.2, 0.25) is 0 Å². The predicted molar refractivity (Wildman–Crippen MR) is 69.7 cm³/mol. The van der Waals surface area contributed by atoms with Gasteiger partial charge in [-0.25, -0.2) is 4.79 Å². The largest absolute Gasteiger partial charge is 0.453 e. The zero-order valence-electron chi connectivity index (χ0n) is 9.87. The Kier molecular flexibility index (Phi) is 4.70. The number of esters is 1. The van der Waals surface area contributed by atoms with Crippen LogP contribution in [0.25, 0.3) is 0 Å². The summed E-state index contributed by atoms with van der Waals surface area (Å²) >= 11 is 4.82. The molecule has 1 N–H and O–H groups in total. The number of carbonyl (C=O) groups excluding carboxylic acids is 2. The molecule has 1 amide bonds. The van der Waals surface area contributed by atoms with Crippen molar-refractivity contribution in [3.05, 3.63) is 20.8 Å². The van der Waals surface area contributed by atoms with Gasteiger partial charge in [0.1, 0.15) is 5.60 Å². The van der Waals surface area contributed by atoms with Crippen molar-refractivity contribution in [3.8, 4) is 0 Å². The zero-order valence-corrected chi connectivity index (χ0v) is 12.3. The molecule has 94 valence electrons. The van der Waals surface area contributed by atoms with E-state index in [1.54, 1.807) is 20.8 Å². The fourth-order valence-corrected chi connectivity index (χ4v) is 2.40. The van der Waals surface area contributed by atoms with Crippen LogP contribution in [0.1, 0.15) is 25.6 Å². The summed E-state index contributed by atoms with van der Waals surface area (Å²) in [6.45, 7) is 5.48. The molecule has 0 aliphatic rings. The van der Waals surface area contributed by atoms with Crippen molar-refractivity contribution in [2.75, 3.05) is 0 Å². The zero-order chi connectivity index (χ0) is 13.1. The fourth-order valence-electron chi connectivity index (χ4n) is 1.01. The van der Waals surface area contributed by atoms with Gasteiger partial charge >= 0.3 is 11.9 Å². The van der Waals surface area contributed by atoms with Gasteiger partial charge in [0.15, 0.2) is 0 Å². The summed E-state index contributed by atoms with van der Waals surface area (Å²) in [6.07, 6.45) is 0. The summed E-state index contributed by atoms with van der Waals surface area (Å²) in [7, 11) is 0. The van der Waals surface area contributed by atoms with Gasteiger partial charge in [0.25, 0.3) is 0 Å². The van der Waals surface area contributed by atoms with Crippen molar-refractivity contribution < 1.29 is 14.3 Å². The van der Waals surface area contributed by atoms with Gasteiger partial charge in [-0.1, -0.05) is 0 Å². The molecule has 0 saturated heterocycles. The first kappa shape index (κ1) is 14.2. The van der Waals surface area contributed by atoms with Crippen LogP contribution >= 0.6 is 27.3 Å². The van der Waals surface area contributed by atoms with Gasteiger partial charge in [-0.3, -0.25) is 4.79 Å². The number of halogens is 1. The van der Waals surface area contributed by atoms with Gasteiger partial charge in [-0.2, -0.15) is 0 Å². The number of ether oxygens (including phenoxy) is 1. The second-order valence-corrected chi connectivity index (χ2v) is 6.33. The van der Waals surface area contributed by atoms with Crippen molar-refractivity contribution in [1.82, 2.24) is 5.32 Å². The second-order valence-electron chi connectivity index (χ2n) is 4.42. The summed E-state index contributed by atoms with van der Waals surface area (Å²) in [5, 5.41) is 4.42. The van der Waals surface area contributed by atoms with Crippen LogP contribution in [-0.2, 0) is 20.9 Å². The lowest BCUT2D eigenvalue weighted by Crippen LogP contribution is -2.36. The summed E-state index contributed by atoms with van der Waals surface area (Å²) in [5.41, 5.74) is -0.652. The minimum absolute atomic E-state index is 0.328. The Morgan fingerprint density at radius 2 is 2.12 bits per heavy atom. The van der Waals surface area contributed by atoms with E-state index in [1.165, 1.54) is 11.3 Å². The van der Waals surface area contributed by atoms with E-state index in [-0.39, 0.29) is 0 Å². The quantitative estimate of drug-likeness (QED) is 0.673. The first-order valence-electron chi connectivity index (χ1n) is 5.02. The Morgan fingerprint density at radius 3 is 2.59 bits per heavy atom. The maximum atomic E-state index is 11.4. The molecule has 1 heterocycles. The molecule has 0 aliphatic heterocycles. The van der Waals surface area contributed by atoms with Crippen LogP contribution in [0.5, 0.6) is 0 Å². The van der Waals surface area contributed by atoms with Crippen LogP contribution < -0.4 is 5.32 Å². The number of hydrogen-bond acceptors (Lipinski definition) is 4. The normalized spacial score (nSPS) is 11.1. The third-order valence-corrected chi connectivity index (χ3v) is 3.33. The van der Waals surface area contributed by atoms with Crippen LogP contribution in [-0.4, -0.2) is 17.5 Å². The lowest BCUT2D eigenvalue weighted by Gasteiger charge is -2.18. The van der Waals surface area contributed by atoms with Crippen molar-refractivity contribution in [1.29, 1.82) is 0 Å². The summed E-state index contributed by atoms with van der Waals surface area (Å²) in [5.74, 6) is -1.57. The van der Waals surface area contributed by atoms with Crippen molar-refractivity contribution in [2.24, 2.45) is 0 Å². The first-order chi connectivity index (χ1) is 7.78. The van der Waals surface area contributed by atoms with Gasteiger partial charge in [-0.05, 0) is 42.8 Å². The average Bonchev–Trinajstić information content (AvgIpc) is 2.58. The third kappa shape index (κ3) is 5.32. The highest BCUT2D eigenvalue weighted by Gasteiger charge is 2.22. The topological polar surface area (TPSA) is 55.4 Å². The Labute approximate surface area is 112 Å². The third-order valence-electron chi connectivity index (χ3n) is 1.63. The second kappa shape index (κ2) is 5.64. The van der Waals surface area contributed by atoms with E-state index in [2.05, 4.69) is 21.2 Å². The minimum atomic E-state index is -0.854. The maximum absolute atomic E-state index is 11.4. The molecule has 6 heteroatoms. The molecule has 1 aromatic heterocycles. The number of hydrogen-bond donors (Lipinski definition) is 1. The Bertz CT molecular complexity index is 423. The Morgan fingerprint density at radius 1 is 1.47 bits per heavy atom. The highest BCUT2D eigenvalue weighted by molar-refractivity contribution is 9.10. The van der Waals surface area contributed by atoms with E-state index in [0.717, 1.165) is 9.35 Å². The molecule has 0 bridgehead atoms. The van der Waals surface area contributed by atoms with E-state index in [4.69, 9.17) is 4.74 Å². The highest BCUT2D eigenvalue weighted by atomic mass is 79.9. The van der Waals surface area contributed by atoms with Crippen LogP contribution in [0.3, 0.4) is 0 Å². The van der Waals surface area contributed by atoms with Gasteiger partial charge in [0.2, 0.25) is 0 Å². The molecule has 1 aromatic rings. The first-order valence-corrected chi connectivity index (χ1v) is 6.69. The molecule has 0 radical (unpaired) electrons. The molecule has 0 aromatic carbocycles.